The van der Waals surface area contributed by atoms with Crippen LogP contribution in [0.15, 0.2) is 231 Å². The van der Waals surface area contributed by atoms with Crippen LogP contribution >= 0.6 is 0 Å². The van der Waals surface area contributed by atoms with Gasteiger partial charge in [-0.2, -0.15) is 0 Å². The summed E-state index contributed by atoms with van der Waals surface area (Å²) in [7, 11) is 0. The van der Waals surface area contributed by atoms with Crippen LogP contribution in [-0.2, 0) is 12.8 Å². The van der Waals surface area contributed by atoms with E-state index >= 15 is 0 Å². The van der Waals surface area contributed by atoms with Gasteiger partial charge in [0.25, 0.3) is 0 Å². The predicted octanol–water partition coefficient (Wildman–Crippen LogP) is 14.9. The molecule has 0 heterocycles. The van der Waals surface area contributed by atoms with Gasteiger partial charge in [0, 0.05) is 17.1 Å². The lowest BCUT2D eigenvalue weighted by Crippen LogP contribution is -2.09. The SMILES string of the molecule is c1ccc(CC(Cc2ccc(-c3ccc(N(c4ccc(-c5ccccc5)cc4)c4ccc(-c5ccccc5)cc4)cc3)cc2)c2cccc3ccccc23)cc1. The van der Waals surface area contributed by atoms with Gasteiger partial charge in [0.2, 0.25) is 0 Å². The van der Waals surface area contributed by atoms with Crippen LogP contribution in [0.2, 0.25) is 0 Å². The average Bonchev–Trinajstić information content (AvgIpc) is 3.28. The van der Waals surface area contributed by atoms with Crippen LogP contribution in [0.5, 0.6) is 0 Å². The van der Waals surface area contributed by atoms with Crippen molar-refractivity contribution in [3.05, 3.63) is 247 Å². The Hall–Kier alpha value is -6.96. The maximum atomic E-state index is 2.34. The zero-order valence-electron chi connectivity index (χ0n) is 31.4. The van der Waals surface area contributed by atoms with Crippen molar-refractivity contribution in [3.63, 3.8) is 0 Å². The summed E-state index contributed by atoms with van der Waals surface area (Å²) in [6.45, 7) is 0. The largest absolute Gasteiger partial charge is 0.311 e. The van der Waals surface area contributed by atoms with Crippen LogP contribution in [-0.4, -0.2) is 0 Å². The second-order valence-corrected chi connectivity index (χ2v) is 14.6. The van der Waals surface area contributed by atoms with Crippen molar-refractivity contribution in [2.75, 3.05) is 4.90 Å². The second-order valence-electron chi connectivity index (χ2n) is 14.6. The predicted molar refractivity (Wildman–Crippen MR) is 238 cm³/mol. The van der Waals surface area contributed by atoms with Gasteiger partial charge >= 0.3 is 0 Å². The molecule has 0 bridgehead atoms. The Morgan fingerprint density at radius 2 is 0.643 bits per heavy atom. The number of hydrogen-bond donors (Lipinski definition) is 0. The topological polar surface area (TPSA) is 3.24 Å². The lowest BCUT2D eigenvalue weighted by molar-refractivity contribution is 0.685. The van der Waals surface area contributed by atoms with Gasteiger partial charge in [-0.05, 0) is 116 Å². The first-order chi connectivity index (χ1) is 27.7. The number of rotatable bonds is 11. The average molecular weight is 718 g/mol. The standard InChI is InChI=1S/C55H43N/c1-4-13-41(14-5-1)39-50(55-22-12-20-49-19-10-11-21-54(49)55)40-42-23-25-45(26-24-42)48-31-37-53(38-32-48)56(51-33-27-46(28-34-51)43-15-6-2-7-16-43)52-35-29-47(30-36-52)44-17-8-3-9-18-44/h1-38,50H,39-40H2. The molecule has 9 aromatic carbocycles. The van der Waals surface area contributed by atoms with E-state index in [0.29, 0.717) is 5.92 Å². The van der Waals surface area contributed by atoms with Crippen LogP contribution in [0.3, 0.4) is 0 Å². The molecular weight excluding hydrogens is 675 g/mol. The summed E-state index contributed by atoms with van der Waals surface area (Å²) in [5, 5.41) is 2.65. The quantitative estimate of drug-likeness (QED) is 0.129. The minimum atomic E-state index is 0.364. The van der Waals surface area contributed by atoms with Gasteiger partial charge in [-0.3, -0.25) is 0 Å². The van der Waals surface area contributed by atoms with Gasteiger partial charge in [0.1, 0.15) is 0 Å². The Morgan fingerprint density at radius 1 is 0.286 bits per heavy atom. The second kappa shape index (κ2) is 16.2. The molecule has 0 spiro atoms. The monoisotopic (exact) mass is 717 g/mol. The molecule has 1 atom stereocenters. The fourth-order valence-corrected chi connectivity index (χ4v) is 8.03. The Bertz CT molecular complexity index is 2540. The van der Waals surface area contributed by atoms with E-state index in [9.17, 15) is 0 Å². The summed E-state index contributed by atoms with van der Waals surface area (Å²) in [6.07, 6.45) is 1.97. The molecule has 0 aliphatic carbocycles. The Labute approximate surface area is 330 Å². The summed E-state index contributed by atoms with van der Waals surface area (Å²) in [4.78, 5) is 2.34. The maximum Gasteiger partial charge on any atom is 0.0462 e. The van der Waals surface area contributed by atoms with E-state index in [1.54, 1.807) is 0 Å². The van der Waals surface area contributed by atoms with Gasteiger partial charge < -0.3 is 4.90 Å². The van der Waals surface area contributed by atoms with Crippen molar-refractivity contribution < 1.29 is 0 Å². The zero-order chi connectivity index (χ0) is 37.5. The smallest absolute Gasteiger partial charge is 0.0462 e. The molecule has 0 saturated carbocycles. The molecule has 0 aromatic heterocycles. The first-order valence-electron chi connectivity index (χ1n) is 19.6. The number of fused-ring (bicyclic) bond motifs is 1. The number of benzene rings is 9. The van der Waals surface area contributed by atoms with Crippen molar-refractivity contribution >= 4 is 27.8 Å². The third kappa shape index (κ3) is 7.67. The van der Waals surface area contributed by atoms with Gasteiger partial charge in [0.05, 0.1) is 0 Å². The lowest BCUT2D eigenvalue weighted by atomic mass is 9.84. The summed E-state index contributed by atoms with van der Waals surface area (Å²) in [6, 6.07) is 83.6. The molecule has 0 N–H and O–H groups in total. The van der Waals surface area contributed by atoms with E-state index < -0.39 is 0 Å². The van der Waals surface area contributed by atoms with Gasteiger partial charge in [0.15, 0.2) is 0 Å². The Balaban J connectivity index is 0.993. The van der Waals surface area contributed by atoms with E-state index in [2.05, 4.69) is 235 Å². The first-order valence-corrected chi connectivity index (χ1v) is 19.6. The molecule has 9 rings (SSSR count). The molecule has 0 amide bonds. The van der Waals surface area contributed by atoms with Crippen molar-refractivity contribution in [1.82, 2.24) is 0 Å². The first kappa shape index (κ1) is 34.8. The summed E-state index contributed by atoms with van der Waals surface area (Å²) < 4.78 is 0. The maximum absolute atomic E-state index is 2.34. The molecular formula is C55H43N. The van der Waals surface area contributed by atoms with Crippen molar-refractivity contribution in [1.29, 1.82) is 0 Å². The molecule has 268 valence electrons. The van der Waals surface area contributed by atoms with Crippen molar-refractivity contribution in [3.8, 4) is 33.4 Å². The molecule has 1 heteroatoms. The summed E-state index contributed by atoms with van der Waals surface area (Å²) >= 11 is 0. The number of anilines is 3. The molecule has 1 nitrogen and oxygen atoms in total. The Kier molecular flexibility index (Phi) is 10.1. The van der Waals surface area contributed by atoms with E-state index in [1.165, 1.54) is 60.8 Å². The number of hydrogen-bond acceptors (Lipinski definition) is 1. The normalized spacial score (nSPS) is 11.6. The van der Waals surface area contributed by atoms with E-state index in [1.807, 2.05) is 0 Å². The lowest BCUT2D eigenvalue weighted by Gasteiger charge is -2.26. The van der Waals surface area contributed by atoms with Crippen molar-refractivity contribution in [2.45, 2.75) is 18.8 Å². The summed E-state index contributed by atoms with van der Waals surface area (Å²) in [5.74, 6) is 0.364. The van der Waals surface area contributed by atoms with Crippen LogP contribution in [0.1, 0.15) is 22.6 Å². The van der Waals surface area contributed by atoms with Crippen LogP contribution in [0.4, 0.5) is 17.1 Å². The molecule has 0 fully saturated rings. The van der Waals surface area contributed by atoms with Crippen molar-refractivity contribution in [2.24, 2.45) is 0 Å². The molecule has 1 unspecified atom stereocenters. The highest BCUT2D eigenvalue weighted by atomic mass is 15.1. The van der Waals surface area contributed by atoms with Gasteiger partial charge in [-0.1, -0.05) is 194 Å². The molecule has 56 heavy (non-hydrogen) atoms. The fourth-order valence-electron chi connectivity index (χ4n) is 8.03. The van der Waals surface area contributed by atoms with Crippen LogP contribution < -0.4 is 4.90 Å². The fraction of sp³-hybridized carbons (Fsp3) is 0.0545. The Morgan fingerprint density at radius 3 is 1.12 bits per heavy atom. The minimum Gasteiger partial charge on any atom is -0.311 e. The molecule has 0 radical (unpaired) electrons. The number of nitrogens with zero attached hydrogens (tertiary/aromatic N) is 1. The molecule has 9 aromatic rings. The van der Waals surface area contributed by atoms with E-state index in [0.717, 1.165) is 29.9 Å². The van der Waals surface area contributed by atoms with E-state index in [4.69, 9.17) is 0 Å². The summed E-state index contributed by atoms with van der Waals surface area (Å²) in [5.41, 5.74) is 14.7. The molecule has 0 aliphatic rings. The zero-order valence-corrected chi connectivity index (χ0v) is 31.4. The highest BCUT2D eigenvalue weighted by molar-refractivity contribution is 5.86. The highest BCUT2D eigenvalue weighted by Gasteiger charge is 2.17. The van der Waals surface area contributed by atoms with Crippen LogP contribution in [0, 0.1) is 0 Å². The van der Waals surface area contributed by atoms with Crippen LogP contribution in [0.25, 0.3) is 44.2 Å². The third-order valence-corrected chi connectivity index (χ3v) is 10.9. The van der Waals surface area contributed by atoms with Gasteiger partial charge in [-0.25, -0.2) is 0 Å². The molecule has 0 aliphatic heterocycles. The van der Waals surface area contributed by atoms with Gasteiger partial charge in [-0.15, -0.1) is 0 Å². The minimum absolute atomic E-state index is 0.364. The van der Waals surface area contributed by atoms with E-state index in [-0.39, 0.29) is 0 Å². The third-order valence-electron chi connectivity index (χ3n) is 10.9. The highest BCUT2D eigenvalue weighted by Crippen LogP contribution is 2.38. The molecule has 0 saturated heterocycles.